The van der Waals surface area contributed by atoms with E-state index in [9.17, 15) is 18.8 Å². The van der Waals surface area contributed by atoms with Gasteiger partial charge in [0.05, 0.1) is 11.3 Å². The third kappa shape index (κ3) is 7.15. The fraction of sp³-hybridized carbons (Fsp3) is 0.360. The van der Waals surface area contributed by atoms with Crippen molar-refractivity contribution in [3.63, 3.8) is 0 Å². The van der Waals surface area contributed by atoms with Crippen molar-refractivity contribution in [3.05, 3.63) is 59.9 Å². The first kappa shape index (κ1) is 25.4. The minimum absolute atomic E-state index is 0.0289. The molecule has 0 saturated carbocycles. The lowest BCUT2D eigenvalue weighted by Crippen LogP contribution is -2.45. The van der Waals surface area contributed by atoms with Gasteiger partial charge < -0.3 is 10.4 Å². The van der Waals surface area contributed by atoms with Gasteiger partial charge >= 0.3 is 5.97 Å². The Morgan fingerprint density at radius 1 is 1.09 bits per heavy atom. The maximum Gasteiger partial charge on any atom is 0.335 e. The van der Waals surface area contributed by atoms with Crippen LogP contribution in [0, 0.1) is 5.82 Å². The number of halogens is 1. The molecular formula is C25H28FN3O4S. The zero-order valence-corrected chi connectivity index (χ0v) is 19.8. The average Bonchev–Trinajstić information content (AvgIpc) is 2.82. The van der Waals surface area contributed by atoms with Gasteiger partial charge in [-0.1, -0.05) is 44.4 Å². The number of carbonyl (C=O) groups is 3. The van der Waals surface area contributed by atoms with Gasteiger partial charge in [0.25, 0.3) is 0 Å². The number of unbranched alkanes of at least 4 members (excludes halogenated alkanes) is 4. The molecule has 1 heterocycles. The molecular weight excluding hydrogens is 457 g/mol. The summed E-state index contributed by atoms with van der Waals surface area (Å²) < 4.78 is 13.3. The third-order valence-corrected chi connectivity index (χ3v) is 6.56. The van der Waals surface area contributed by atoms with Crippen molar-refractivity contribution >= 4 is 46.1 Å². The molecule has 1 unspecified atom stereocenters. The van der Waals surface area contributed by atoms with Gasteiger partial charge in [-0.05, 0) is 55.0 Å². The van der Waals surface area contributed by atoms with Gasteiger partial charge in [0, 0.05) is 18.7 Å². The monoisotopic (exact) mass is 485 g/mol. The second-order valence-electron chi connectivity index (χ2n) is 8.01. The molecule has 2 N–H and O–H groups in total. The van der Waals surface area contributed by atoms with Gasteiger partial charge in [-0.3, -0.25) is 14.5 Å². The lowest BCUT2D eigenvalue weighted by molar-refractivity contribution is -0.129. The van der Waals surface area contributed by atoms with Crippen LogP contribution in [-0.4, -0.2) is 44.8 Å². The topological polar surface area (TPSA) is 99.1 Å². The molecule has 180 valence electrons. The van der Waals surface area contributed by atoms with Crippen molar-refractivity contribution in [1.29, 1.82) is 0 Å². The number of aromatic carboxylic acids is 1. The summed E-state index contributed by atoms with van der Waals surface area (Å²) in [6.07, 6.45) is 5.24. The molecule has 0 spiro atoms. The van der Waals surface area contributed by atoms with Crippen LogP contribution in [0.4, 0.5) is 15.8 Å². The molecule has 2 aromatic carbocycles. The molecule has 1 aliphatic heterocycles. The van der Waals surface area contributed by atoms with Crippen molar-refractivity contribution < 1.29 is 23.9 Å². The molecule has 2 aromatic rings. The molecule has 7 nitrogen and oxygen atoms in total. The summed E-state index contributed by atoms with van der Waals surface area (Å²) in [6, 6.07) is 11.5. The smallest absolute Gasteiger partial charge is 0.335 e. The van der Waals surface area contributed by atoms with Crippen LogP contribution < -0.4 is 5.32 Å². The fourth-order valence-electron chi connectivity index (χ4n) is 3.48. The van der Waals surface area contributed by atoms with Crippen molar-refractivity contribution in [2.75, 3.05) is 11.9 Å². The Kier molecular flexibility index (Phi) is 9.21. The van der Waals surface area contributed by atoms with E-state index in [1.165, 1.54) is 60.3 Å². The summed E-state index contributed by atoms with van der Waals surface area (Å²) in [6.45, 7) is 2.66. The number of nitrogens with one attached hydrogen (secondary N) is 1. The number of carboxylic acid groups (broad SMARTS) is 1. The summed E-state index contributed by atoms with van der Waals surface area (Å²) in [7, 11) is 0. The molecule has 1 aliphatic rings. The highest BCUT2D eigenvalue weighted by molar-refractivity contribution is 8.15. The molecule has 2 amide bonds. The van der Waals surface area contributed by atoms with E-state index in [2.05, 4.69) is 17.2 Å². The average molecular weight is 486 g/mol. The maximum atomic E-state index is 13.3. The summed E-state index contributed by atoms with van der Waals surface area (Å²) >= 11 is 1.20. The van der Waals surface area contributed by atoms with Crippen LogP contribution in [0.5, 0.6) is 0 Å². The molecule has 1 saturated heterocycles. The number of hydrogen-bond donors (Lipinski definition) is 2. The summed E-state index contributed by atoms with van der Waals surface area (Å²) in [4.78, 5) is 43.1. The first-order valence-corrected chi connectivity index (χ1v) is 12.2. The van der Waals surface area contributed by atoms with Gasteiger partial charge in [0.1, 0.15) is 11.1 Å². The highest BCUT2D eigenvalue weighted by Gasteiger charge is 2.35. The Morgan fingerprint density at radius 2 is 1.76 bits per heavy atom. The van der Waals surface area contributed by atoms with E-state index in [0.717, 1.165) is 32.1 Å². The molecule has 34 heavy (non-hydrogen) atoms. The zero-order valence-electron chi connectivity index (χ0n) is 19.0. The van der Waals surface area contributed by atoms with Crippen LogP contribution >= 0.6 is 11.8 Å². The Labute approximate surface area is 202 Å². The second kappa shape index (κ2) is 12.3. The fourth-order valence-corrected chi connectivity index (χ4v) is 4.60. The van der Waals surface area contributed by atoms with Crippen LogP contribution in [0.2, 0.25) is 0 Å². The van der Waals surface area contributed by atoms with E-state index in [1.54, 1.807) is 4.90 Å². The molecule has 3 rings (SSSR count). The molecule has 0 aliphatic carbocycles. The van der Waals surface area contributed by atoms with Crippen molar-refractivity contribution in [3.8, 4) is 0 Å². The zero-order chi connectivity index (χ0) is 24.5. The Hall–Kier alpha value is -3.20. The number of anilines is 1. The normalized spacial score (nSPS) is 17.1. The predicted octanol–water partition coefficient (Wildman–Crippen LogP) is 5.45. The maximum absolute atomic E-state index is 13.3. The quantitative estimate of drug-likeness (QED) is 0.436. The molecule has 1 fully saturated rings. The number of benzene rings is 2. The number of amidine groups is 1. The van der Waals surface area contributed by atoms with E-state index in [0.29, 0.717) is 23.1 Å². The van der Waals surface area contributed by atoms with Crippen molar-refractivity contribution in [2.24, 2.45) is 4.99 Å². The van der Waals surface area contributed by atoms with Gasteiger partial charge in [-0.2, -0.15) is 0 Å². The molecule has 0 radical (unpaired) electrons. The molecule has 1 atom stereocenters. The van der Waals surface area contributed by atoms with Crippen LogP contribution in [0.1, 0.15) is 55.8 Å². The van der Waals surface area contributed by atoms with Crippen LogP contribution in [0.3, 0.4) is 0 Å². The van der Waals surface area contributed by atoms with Crippen LogP contribution in [0.25, 0.3) is 0 Å². The minimum Gasteiger partial charge on any atom is -0.478 e. The first-order valence-electron chi connectivity index (χ1n) is 11.3. The van der Waals surface area contributed by atoms with Crippen LogP contribution in [0.15, 0.2) is 53.5 Å². The van der Waals surface area contributed by atoms with E-state index >= 15 is 0 Å². The predicted molar refractivity (Wildman–Crippen MR) is 132 cm³/mol. The minimum atomic E-state index is -1.05. The Balaban J connectivity index is 1.74. The molecule has 0 bridgehead atoms. The number of rotatable bonds is 10. The largest absolute Gasteiger partial charge is 0.478 e. The summed E-state index contributed by atoms with van der Waals surface area (Å²) in [5.74, 6) is -1.98. The van der Waals surface area contributed by atoms with Crippen molar-refractivity contribution in [1.82, 2.24) is 4.90 Å². The number of aliphatic imine (C=N–C) groups is 1. The second-order valence-corrected chi connectivity index (χ2v) is 9.18. The summed E-state index contributed by atoms with van der Waals surface area (Å²) in [5, 5.41) is 11.5. The lowest BCUT2D eigenvalue weighted by atomic mass is 10.1. The third-order valence-electron chi connectivity index (χ3n) is 5.37. The van der Waals surface area contributed by atoms with Gasteiger partial charge in [0.15, 0.2) is 5.17 Å². The number of hydrogen-bond acceptors (Lipinski definition) is 5. The first-order chi connectivity index (χ1) is 16.4. The van der Waals surface area contributed by atoms with Crippen LogP contribution in [-0.2, 0) is 9.59 Å². The van der Waals surface area contributed by atoms with Gasteiger partial charge in [-0.25, -0.2) is 14.2 Å². The van der Waals surface area contributed by atoms with E-state index in [4.69, 9.17) is 5.11 Å². The van der Waals surface area contributed by atoms with E-state index < -0.39 is 11.2 Å². The standard InChI is InChI=1S/C25H28FN3O4S/c1-2-3-4-5-6-15-29-22(30)16-21(34-25(29)28-20-13-9-18(26)10-14-20)23(31)27-19-11-7-17(8-12-19)24(32)33/h7-14,21H,2-6,15-16H2,1H3,(H,27,31)(H,32,33). The number of nitrogens with zero attached hydrogens (tertiary/aromatic N) is 2. The Morgan fingerprint density at radius 3 is 2.41 bits per heavy atom. The Bertz CT molecular complexity index is 1040. The van der Waals surface area contributed by atoms with Crippen molar-refractivity contribution in [2.45, 2.75) is 50.7 Å². The number of carboxylic acids is 1. The van der Waals surface area contributed by atoms with Gasteiger partial charge in [0.2, 0.25) is 11.8 Å². The van der Waals surface area contributed by atoms with E-state index in [1.807, 2.05) is 0 Å². The molecule has 9 heteroatoms. The highest BCUT2D eigenvalue weighted by atomic mass is 32.2. The SMILES string of the molecule is CCCCCCCN1C(=O)CC(C(=O)Nc2ccc(C(=O)O)cc2)SC1=Nc1ccc(F)cc1. The molecule has 0 aromatic heterocycles. The van der Waals surface area contributed by atoms with E-state index in [-0.39, 0.29) is 29.6 Å². The van der Waals surface area contributed by atoms with Gasteiger partial charge in [-0.15, -0.1) is 0 Å². The number of carbonyl (C=O) groups excluding carboxylic acids is 2. The number of thioether (sulfide) groups is 1. The lowest BCUT2D eigenvalue weighted by Gasteiger charge is -2.31. The summed E-state index contributed by atoms with van der Waals surface area (Å²) in [5.41, 5.74) is 1.06. The highest BCUT2D eigenvalue weighted by Crippen LogP contribution is 2.30. The number of amides is 2.